The molecule has 7 nitrogen and oxygen atoms in total. The molecule has 2 aromatic rings. The Labute approximate surface area is 181 Å². The second-order valence-corrected chi connectivity index (χ2v) is 8.53. The molecule has 0 fully saturated rings. The molecule has 0 aliphatic heterocycles. The van der Waals surface area contributed by atoms with Crippen molar-refractivity contribution >= 4 is 39.9 Å². The summed E-state index contributed by atoms with van der Waals surface area (Å²) < 4.78 is 30.7. The number of hydrogen-bond donors (Lipinski definition) is 2. The molecule has 0 spiro atoms. The molecule has 0 saturated heterocycles. The van der Waals surface area contributed by atoms with E-state index in [1.807, 2.05) is 6.92 Å². The van der Waals surface area contributed by atoms with Crippen LogP contribution in [0.4, 0.5) is 10.5 Å². The normalized spacial score (nSPS) is 11.9. The summed E-state index contributed by atoms with van der Waals surface area (Å²) in [5, 5.41) is 5.68. The molecule has 0 radical (unpaired) electrons. The number of rotatable bonds is 8. The molecule has 0 unspecified atom stereocenters. The fourth-order valence-corrected chi connectivity index (χ4v) is 3.85. The van der Waals surface area contributed by atoms with Crippen LogP contribution in [0.5, 0.6) is 5.75 Å². The largest absolute Gasteiger partial charge is 0.495 e. The number of nitrogens with one attached hydrogen (secondary N) is 2. The minimum absolute atomic E-state index is 0.0603. The summed E-state index contributed by atoms with van der Waals surface area (Å²) in [6, 6.07) is 9.71. The number of sulfone groups is 1. The Balaban J connectivity index is 2.05. The number of carbonyl (C=O) groups excluding carboxylic acids is 1. The van der Waals surface area contributed by atoms with Crippen molar-refractivity contribution in [3.63, 3.8) is 0 Å². The maximum absolute atomic E-state index is 12.8. The van der Waals surface area contributed by atoms with Gasteiger partial charge >= 0.3 is 6.03 Å². The van der Waals surface area contributed by atoms with Crippen LogP contribution in [0.25, 0.3) is 0 Å². The second kappa shape index (κ2) is 10.6. The smallest absolute Gasteiger partial charge is 0.319 e. The number of halogens is 1. The highest BCUT2D eigenvalue weighted by molar-refractivity contribution is 7.91. The molecule has 0 saturated carbocycles. The van der Waals surface area contributed by atoms with E-state index in [0.29, 0.717) is 17.3 Å². The summed E-state index contributed by atoms with van der Waals surface area (Å²) in [6.45, 7) is 5.54. The third-order valence-electron chi connectivity index (χ3n) is 3.96. The summed E-state index contributed by atoms with van der Waals surface area (Å²) >= 11 is 5.96. The van der Waals surface area contributed by atoms with Crippen molar-refractivity contribution in [2.45, 2.75) is 16.7 Å². The maximum Gasteiger partial charge on any atom is 0.319 e. The summed E-state index contributed by atoms with van der Waals surface area (Å²) in [6.07, 6.45) is 5.07. The van der Waals surface area contributed by atoms with E-state index in [1.54, 1.807) is 18.4 Å². The van der Waals surface area contributed by atoms with Crippen LogP contribution >= 0.6 is 11.6 Å². The number of hydrogen-bond acceptors (Lipinski definition) is 5. The molecular formula is C21H22ClN3O4S. The van der Waals surface area contributed by atoms with Crippen molar-refractivity contribution in [1.29, 1.82) is 0 Å². The van der Waals surface area contributed by atoms with Crippen LogP contribution in [0.2, 0.25) is 5.02 Å². The summed E-state index contributed by atoms with van der Waals surface area (Å²) in [5.41, 5.74) is 1.38. The van der Waals surface area contributed by atoms with Crippen LogP contribution in [0.1, 0.15) is 6.92 Å². The molecule has 2 rings (SSSR count). The number of urea groups is 1. The fraction of sp³-hybridized carbons (Fsp3) is 0.143. The fourth-order valence-electron chi connectivity index (χ4n) is 2.38. The van der Waals surface area contributed by atoms with Gasteiger partial charge in [-0.2, -0.15) is 0 Å². The van der Waals surface area contributed by atoms with Crippen LogP contribution in [0.3, 0.4) is 0 Å². The first-order chi connectivity index (χ1) is 14.3. The highest BCUT2D eigenvalue weighted by Crippen LogP contribution is 2.30. The zero-order valence-corrected chi connectivity index (χ0v) is 18.1. The van der Waals surface area contributed by atoms with E-state index in [1.165, 1.54) is 49.6 Å². The highest BCUT2D eigenvalue weighted by Gasteiger charge is 2.19. The molecule has 2 N–H and O–H groups in total. The van der Waals surface area contributed by atoms with Crippen molar-refractivity contribution in [2.75, 3.05) is 19.0 Å². The van der Waals surface area contributed by atoms with Crippen LogP contribution in [-0.4, -0.2) is 34.8 Å². The number of methoxy groups -OCH3 is 1. The first-order valence-corrected chi connectivity index (χ1v) is 10.7. The molecule has 0 atom stereocenters. The van der Waals surface area contributed by atoms with Crippen LogP contribution in [-0.2, 0) is 9.84 Å². The van der Waals surface area contributed by atoms with Crippen molar-refractivity contribution in [3.8, 4) is 5.75 Å². The predicted octanol–water partition coefficient (Wildman–Crippen LogP) is 4.46. The topological polar surface area (TPSA) is 96.9 Å². The van der Waals surface area contributed by atoms with Gasteiger partial charge < -0.3 is 15.4 Å². The molecule has 30 heavy (non-hydrogen) atoms. The van der Waals surface area contributed by atoms with E-state index in [2.05, 4.69) is 22.3 Å². The zero-order valence-electron chi connectivity index (χ0n) is 16.6. The lowest BCUT2D eigenvalue weighted by Gasteiger charge is -2.10. The first kappa shape index (κ1) is 23.2. The van der Waals surface area contributed by atoms with E-state index >= 15 is 0 Å². The molecular weight excluding hydrogens is 426 g/mol. The third-order valence-corrected chi connectivity index (χ3v) is 6.03. The van der Waals surface area contributed by atoms with Gasteiger partial charge in [0.25, 0.3) is 0 Å². The van der Waals surface area contributed by atoms with Gasteiger partial charge in [-0.25, -0.2) is 13.2 Å². The van der Waals surface area contributed by atoms with Gasteiger partial charge in [-0.15, -0.1) is 0 Å². The molecule has 2 amide bonds. The van der Waals surface area contributed by atoms with Crippen molar-refractivity contribution in [1.82, 2.24) is 5.32 Å². The Bertz CT molecular complexity index is 1080. The monoisotopic (exact) mass is 447 g/mol. The molecule has 0 heterocycles. The number of nitrogens with zero attached hydrogens (tertiary/aromatic N) is 1. The van der Waals surface area contributed by atoms with Gasteiger partial charge in [0.15, 0.2) is 0 Å². The third kappa shape index (κ3) is 6.20. The molecule has 0 aromatic heterocycles. The van der Waals surface area contributed by atoms with E-state index in [0.717, 1.165) is 5.57 Å². The van der Waals surface area contributed by atoms with E-state index in [-0.39, 0.29) is 15.5 Å². The van der Waals surface area contributed by atoms with Gasteiger partial charge in [-0.3, -0.25) is 4.99 Å². The maximum atomic E-state index is 12.8. The number of allylic oxidation sites excluding steroid dienone is 2. The molecule has 158 valence electrons. The quantitative estimate of drug-likeness (QED) is 0.461. The Kier molecular flexibility index (Phi) is 8.20. The minimum Gasteiger partial charge on any atom is -0.495 e. The lowest BCUT2D eigenvalue weighted by Crippen LogP contribution is -2.29. The molecule has 0 aliphatic rings. The average molecular weight is 448 g/mol. The predicted molar refractivity (Wildman–Crippen MR) is 119 cm³/mol. The standard InChI is InChI=1S/C21H22ClN3O4S/c1-15(5-4-12-23-2)14-24-21(26)25-16-6-8-17(9-7-16)30(27,28)18-10-11-19(22)20(13-18)29-3/h4-13H,2,14H2,1,3H3,(H2,24,25,26)/b12-4-,15-5+. The van der Waals surface area contributed by atoms with E-state index in [4.69, 9.17) is 16.3 Å². The van der Waals surface area contributed by atoms with Crippen LogP contribution in [0.15, 0.2) is 81.2 Å². The van der Waals surface area contributed by atoms with Crippen molar-refractivity contribution in [2.24, 2.45) is 4.99 Å². The summed E-state index contributed by atoms with van der Waals surface area (Å²) in [4.78, 5) is 15.7. The molecule has 0 bridgehead atoms. The number of aliphatic imine (C=N–C) groups is 1. The highest BCUT2D eigenvalue weighted by atomic mass is 35.5. The van der Waals surface area contributed by atoms with Gasteiger partial charge in [0.2, 0.25) is 9.84 Å². The van der Waals surface area contributed by atoms with Gasteiger partial charge in [0.05, 0.1) is 21.9 Å². The molecule has 9 heteroatoms. The van der Waals surface area contributed by atoms with Crippen molar-refractivity contribution in [3.05, 3.63) is 71.4 Å². The number of anilines is 1. The van der Waals surface area contributed by atoms with Gasteiger partial charge in [0.1, 0.15) is 5.75 Å². The zero-order chi connectivity index (χ0) is 22.1. The van der Waals surface area contributed by atoms with Gasteiger partial charge in [-0.1, -0.05) is 23.3 Å². The molecule has 0 aliphatic carbocycles. The summed E-state index contributed by atoms with van der Waals surface area (Å²) in [5.74, 6) is 0.272. The number of amides is 2. The second-order valence-electron chi connectivity index (χ2n) is 6.17. The Morgan fingerprint density at radius 1 is 1.20 bits per heavy atom. The number of benzene rings is 2. The van der Waals surface area contributed by atoms with Gasteiger partial charge in [0, 0.05) is 24.5 Å². The number of ether oxygens (including phenoxy) is 1. The Morgan fingerprint density at radius 2 is 1.87 bits per heavy atom. The minimum atomic E-state index is -3.76. The first-order valence-electron chi connectivity index (χ1n) is 8.79. The molecule has 2 aromatic carbocycles. The Hall–Kier alpha value is -3.10. The van der Waals surface area contributed by atoms with E-state index < -0.39 is 15.9 Å². The van der Waals surface area contributed by atoms with Crippen LogP contribution < -0.4 is 15.4 Å². The lowest BCUT2D eigenvalue weighted by molar-refractivity contribution is 0.253. The Morgan fingerprint density at radius 3 is 2.50 bits per heavy atom. The SMILES string of the molecule is C=N/C=C\C=C(/C)CNC(=O)Nc1ccc(S(=O)(=O)c2ccc(Cl)c(OC)c2)cc1. The van der Waals surface area contributed by atoms with Crippen LogP contribution in [0, 0.1) is 0 Å². The van der Waals surface area contributed by atoms with Crippen molar-refractivity contribution < 1.29 is 17.9 Å². The van der Waals surface area contributed by atoms with E-state index in [9.17, 15) is 13.2 Å². The average Bonchev–Trinajstić information content (AvgIpc) is 2.73. The summed E-state index contributed by atoms with van der Waals surface area (Å²) in [7, 11) is -2.35. The lowest BCUT2D eigenvalue weighted by atomic mass is 10.3. The number of carbonyl (C=O) groups is 1. The van der Waals surface area contributed by atoms with Gasteiger partial charge in [-0.05, 0) is 56.1 Å².